The van der Waals surface area contributed by atoms with E-state index in [9.17, 15) is 0 Å². The van der Waals surface area contributed by atoms with Crippen molar-refractivity contribution in [3.05, 3.63) is 354 Å². The van der Waals surface area contributed by atoms with Crippen molar-refractivity contribution >= 4 is 132 Å². The van der Waals surface area contributed by atoms with Gasteiger partial charge in [0.2, 0.25) is 0 Å². The molecule has 21 heterocycles. The monoisotopic (exact) mass is 1910 g/mol. The maximum absolute atomic E-state index is 6.45. The number of allylic oxidation sites excluding steroid dienone is 1. The minimum Gasteiger partial charge on any atom is -0.509 e. The van der Waals surface area contributed by atoms with Crippen molar-refractivity contribution in [1.82, 2.24) is 63.0 Å². The molecule has 0 bridgehead atoms. The van der Waals surface area contributed by atoms with Crippen LogP contribution >= 0.6 is 0 Å². The van der Waals surface area contributed by atoms with Gasteiger partial charge in [-0.2, -0.15) is 12.1 Å². The third-order valence-corrected chi connectivity index (χ3v) is 28.5. The first kappa shape index (κ1) is 81.5. The van der Waals surface area contributed by atoms with Gasteiger partial charge in [0, 0.05) is 144 Å². The molecule has 2 atom stereocenters. The molecule has 21 aromatic rings. The van der Waals surface area contributed by atoms with Crippen LogP contribution in [0.3, 0.4) is 0 Å². The molecule has 19 heteroatoms. The molecule has 0 aliphatic carbocycles. The van der Waals surface area contributed by atoms with Gasteiger partial charge < -0.3 is 33.5 Å². The number of para-hydroxylation sites is 3. The van der Waals surface area contributed by atoms with Gasteiger partial charge in [0.1, 0.15) is 63.7 Å². The minimum absolute atomic E-state index is 0. The van der Waals surface area contributed by atoms with Crippen molar-refractivity contribution in [3.8, 4) is 45.5 Å². The largest absolute Gasteiger partial charge is 2.00 e. The van der Waals surface area contributed by atoms with Gasteiger partial charge in [-0.15, -0.1) is 48.9 Å². The number of rotatable bonds is 9. The molecule has 133 heavy (non-hydrogen) atoms. The summed E-state index contributed by atoms with van der Waals surface area (Å²) in [5.41, 5.74) is 37.8. The van der Waals surface area contributed by atoms with E-state index in [-0.39, 0.29) is 27.0 Å². The van der Waals surface area contributed by atoms with E-state index < -0.39 is 0 Å². The Bertz CT molecular complexity index is 8540. The first-order valence-corrected chi connectivity index (χ1v) is 46.4. The summed E-state index contributed by atoms with van der Waals surface area (Å²) in [6.45, 7) is 24.4. The van der Waals surface area contributed by atoms with E-state index in [1.807, 2.05) is 85.7 Å². The molecule has 0 saturated heterocycles. The number of pyridine rings is 9. The molecule has 13 aromatic heterocycles. The van der Waals surface area contributed by atoms with Crippen molar-refractivity contribution < 1.29 is 35.0 Å². The number of likely N-dealkylation sites (N-methyl/N-ethyl adjacent to an activating group) is 2. The summed E-state index contributed by atoms with van der Waals surface area (Å²) in [5.74, 6) is 5.11. The Morgan fingerprint density at radius 2 is 1.01 bits per heavy atom. The number of hydrogen-bond acceptors (Lipinski definition) is 12. The fourth-order valence-electron chi connectivity index (χ4n) is 22.9. The Balaban J connectivity index is 0.0000000941. The van der Waals surface area contributed by atoms with Crippen LogP contribution in [0.1, 0.15) is 149 Å². The zero-order valence-corrected chi connectivity index (χ0v) is 78.5. The average Bonchev–Trinajstić information content (AvgIpc) is 1.52. The topological polar surface area (TPSA) is 140 Å². The van der Waals surface area contributed by atoms with Crippen molar-refractivity contribution in [2.45, 2.75) is 131 Å². The Labute approximate surface area is 784 Å². The van der Waals surface area contributed by atoms with E-state index in [2.05, 4.69) is 336 Å². The molecule has 29 rings (SSSR count). The molecule has 18 nitrogen and oxygen atoms in total. The molecule has 8 aromatic carbocycles. The van der Waals surface area contributed by atoms with Gasteiger partial charge in [-0.25, -0.2) is 19.9 Å². The number of fused-ring (bicyclic) bond motifs is 21. The van der Waals surface area contributed by atoms with Crippen LogP contribution < -0.4 is 23.7 Å². The van der Waals surface area contributed by atoms with Crippen molar-refractivity contribution in [3.63, 3.8) is 0 Å². The summed E-state index contributed by atoms with van der Waals surface area (Å²) in [5, 5.41) is 10.9. The summed E-state index contributed by atoms with van der Waals surface area (Å²) >= 11 is 0. The number of nitrogens with zero attached hydrogens (tertiary/aromatic N) is 17. The van der Waals surface area contributed by atoms with Gasteiger partial charge in [0.25, 0.3) is 11.0 Å². The van der Waals surface area contributed by atoms with Gasteiger partial charge >= 0.3 is 21.1 Å². The maximum atomic E-state index is 6.45. The molecule has 8 aliphatic heterocycles. The van der Waals surface area contributed by atoms with Crippen molar-refractivity contribution in [1.29, 1.82) is 0 Å². The SMILES string of the molecule is CC(C)C1=C2c3ncccc3-c3cccc4c3N2C(C4)N1C.CC(C)c1cccc2c1-c1nccc3c1N1C2=CN(C)C1C3.CC(C)c1cccc2c1c1nccc3c1[n+]1c2c2ccccc2n1C3.CC(C)c1cccc2c1c1nccc3c1n1c2cc[n+]1C3.CC(C)c1cccnc1-n1c2[c-]c(Oc3[c-]c4c(cc3)c3ccccc3n4-c3ccccn3)ccc2c2cccnc21.[Pt+2]. The summed E-state index contributed by atoms with van der Waals surface area (Å²) in [7, 11) is 4.42. The van der Waals surface area contributed by atoms with E-state index in [0.29, 0.717) is 47.5 Å². The van der Waals surface area contributed by atoms with E-state index in [4.69, 9.17) is 34.6 Å². The van der Waals surface area contributed by atoms with Gasteiger partial charge in [-0.1, -0.05) is 206 Å². The maximum Gasteiger partial charge on any atom is 2.00 e. The van der Waals surface area contributed by atoms with E-state index in [1.54, 1.807) is 6.20 Å². The molecule has 2 unspecified atom stereocenters. The molecule has 0 N–H and O–H groups in total. The predicted molar refractivity (Wildman–Crippen MR) is 530 cm³/mol. The normalized spacial score (nSPS) is 15.2. The number of aromatic nitrogens is 13. The van der Waals surface area contributed by atoms with E-state index in [0.717, 1.165) is 104 Å². The fourth-order valence-corrected chi connectivity index (χ4v) is 22.9. The molecule has 0 radical (unpaired) electrons. The van der Waals surface area contributed by atoms with Gasteiger partial charge in [-0.3, -0.25) is 15.0 Å². The molecule has 0 fully saturated rings. The predicted octanol–water partition coefficient (Wildman–Crippen LogP) is 24.1. The molecule has 0 spiro atoms. The molecular weight excluding hydrogens is 1820 g/mol. The standard InChI is InChI=1S/C36H25N5O.C22H18N3.2C19H19N3.C18H16N3.Pt/c1-23(2)26-10-7-19-38-35(26)41-33-22-25(15-17-29(33)30-11-8-20-39-36(30)41)42-24-14-16-28-27-9-3-4-12-31(27)40(32(28)21-24)34-13-5-6-18-37-34;1-13(2)15-7-5-8-17-19(15)20-21-14(10-11-23-20)12-24-18-9-4-3-6-16(18)22(17)25(21)24;1-11(2)17-19-16-13(8-5-9-20-16)14-7-4-6-12-10-15(21(17)3)22(19)18(12)14;1-11(2)13-5-4-6-14-15-10-21(3)16-9-12-7-8-20-18(17(13)14)19(12)22(15)16;1-11(2)13-4-3-5-14-15-7-9-20-10-12-6-8-19-17(16(13)14)18(12)21(15)20;/h3-20,23H,1-2H3;3-11,13H,12H2,1-2H3;4-9,11,15H,10H2,1-3H3;4-8,10-11,16H,9H2,1-3H3;3-9,11H,10H2,1-2H3;/q-2;+1;;;+1;+2. The summed E-state index contributed by atoms with van der Waals surface area (Å²) in [4.78, 5) is 43.1. The number of hydrogen-bond donors (Lipinski definition) is 0. The van der Waals surface area contributed by atoms with E-state index >= 15 is 0 Å². The third-order valence-electron chi connectivity index (χ3n) is 28.5. The van der Waals surface area contributed by atoms with Crippen LogP contribution in [0.5, 0.6) is 11.5 Å². The zero-order chi connectivity index (χ0) is 89.1. The fraction of sp³-hybridized carbons (Fsp3) is 0.202. The van der Waals surface area contributed by atoms with Crippen LogP contribution in [0.2, 0.25) is 0 Å². The second-order valence-corrected chi connectivity index (χ2v) is 37.7. The number of ether oxygens (including phenoxy) is 1. The van der Waals surface area contributed by atoms with Crippen LogP contribution in [-0.4, -0.2) is 89.4 Å². The van der Waals surface area contributed by atoms with Crippen molar-refractivity contribution in [2.75, 3.05) is 23.9 Å². The first-order valence-electron chi connectivity index (χ1n) is 46.4. The van der Waals surface area contributed by atoms with Gasteiger partial charge in [-0.05, 0) is 147 Å². The van der Waals surface area contributed by atoms with Crippen LogP contribution in [0.4, 0.5) is 11.4 Å². The van der Waals surface area contributed by atoms with E-state index in [1.165, 1.54) is 150 Å². The van der Waals surface area contributed by atoms with Crippen molar-refractivity contribution in [2.24, 2.45) is 5.92 Å². The van der Waals surface area contributed by atoms with Crippen LogP contribution in [0.15, 0.2) is 286 Å². The molecule has 0 amide bonds. The Hall–Kier alpha value is -14.7. The molecule has 652 valence electrons. The molecule has 8 aliphatic rings. The number of anilines is 2. The third kappa shape index (κ3) is 12.2. The van der Waals surface area contributed by atoms with Crippen LogP contribution in [-0.2, 0) is 47.0 Å². The van der Waals surface area contributed by atoms with Crippen LogP contribution in [0, 0.1) is 18.1 Å². The second kappa shape index (κ2) is 31.2. The average molecular weight is 1920 g/mol. The smallest absolute Gasteiger partial charge is 0.509 e. The second-order valence-electron chi connectivity index (χ2n) is 37.7. The molecule has 0 saturated carbocycles. The minimum atomic E-state index is 0. The summed E-state index contributed by atoms with van der Waals surface area (Å²) in [6, 6.07) is 86.0. The Kier molecular flexibility index (Phi) is 19.1. The van der Waals surface area contributed by atoms with Gasteiger partial charge in [0.15, 0.2) is 12.7 Å². The van der Waals surface area contributed by atoms with Gasteiger partial charge in [0.05, 0.1) is 56.1 Å². The van der Waals surface area contributed by atoms with Crippen LogP contribution in [0.25, 0.3) is 155 Å². The quantitative estimate of drug-likeness (QED) is 0.0772. The number of benzene rings is 8. The Morgan fingerprint density at radius 3 is 1.78 bits per heavy atom. The first-order chi connectivity index (χ1) is 64.5. The zero-order valence-electron chi connectivity index (χ0n) is 76.3. The molecular formula is C114H97N17OPt+2. The summed E-state index contributed by atoms with van der Waals surface area (Å²) < 4.78 is 20.1. The Morgan fingerprint density at radius 1 is 0.414 bits per heavy atom. The summed E-state index contributed by atoms with van der Waals surface area (Å²) in [6.07, 6.45) is 20.7.